The van der Waals surface area contributed by atoms with Gasteiger partial charge in [-0.3, -0.25) is 4.79 Å². The van der Waals surface area contributed by atoms with Crippen LogP contribution in [0, 0.1) is 0 Å². The molecule has 0 bridgehead atoms. The van der Waals surface area contributed by atoms with Gasteiger partial charge in [-0.15, -0.1) is 11.3 Å². The number of carbonyl (C=O) groups is 1. The van der Waals surface area contributed by atoms with Crippen LogP contribution in [0.1, 0.15) is 36.0 Å². The van der Waals surface area contributed by atoms with E-state index in [2.05, 4.69) is 31.9 Å². The lowest BCUT2D eigenvalue weighted by Crippen LogP contribution is -2.03. The summed E-state index contributed by atoms with van der Waals surface area (Å²) in [7, 11) is 0. The van der Waals surface area contributed by atoms with E-state index >= 15 is 0 Å². The molecule has 0 spiro atoms. The van der Waals surface area contributed by atoms with Crippen molar-refractivity contribution in [3.8, 4) is 0 Å². The molecule has 1 heterocycles. The van der Waals surface area contributed by atoms with E-state index in [1.807, 2.05) is 23.6 Å². The zero-order valence-electron chi connectivity index (χ0n) is 8.99. The molecule has 1 aliphatic rings. The molecule has 1 aromatic carbocycles. The minimum Gasteiger partial charge on any atom is -0.289 e. The Bertz CT molecular complexity index is 638. The first-order valence-electron chi connectivity index (χ1n) is 5.29. The lowest BCUT2D eigenvalue weighted by molar-refractivity contribution is 0.103. The van der Waals surface area contributed by atoms with Gasteiger partial charge in [0.2, 0.25) is 0 Å². The van der Waals surface area contributed by atoms with E-state index in [0.717, 1.165) is 16.0 Å². The van der Waals surface area contributed by atoms with Crippen LogP contribution in [0.25, 0.3) is 0 Å². The fourth-order valence-electron chi connectivity index (χ4n) is 2.12. The predicted molar refractivity (Wildman–Crippen MR) is 82.5 cm³/mol. The van der Waals surface area contributed by atoms with Crippen LogP contribution in [-0.4, -0.2) is 5.78 Å². The van der Waals surface area contributed by atoms with Gasteiger partial charge in [-0.25, -0.2) is 0 Å². The summed E-state index contributed by atoms with van der Waals surface area (Å²) in [5.41, 5.74) is 2.44. The van der Waals surface area contributed by atoms with Gasteiger partial charge in [0.05, 0.1) is 9.65 Å². The number of hydrogen-bond donors (Lipinski definition) is 0. The summed E-state index contributed by atoms with van der Waals surface area (Å²) in [4.78, 5) is 13.8. The molecule has 18 heavy (non-hydrogen) atoms. The van der Waals surface area contributed by atoms with Crippen molar-refractivity contribution in [2.45, 2.75) is 9.65 Å². The first-order chi connectivity index (χ1) is 8.59. The first kappa shape index (κ1) is 12.9. The van der Waals surface area contributed by atoms with Crippen LogP contribution in [0.3, 0.4) is 0 Å². The Morgan fingerprint density at radius 3 is 2.67 bits per heavy atom. The highest BCUT2D eigenvalue weighted by Crippen LogP contribution is 2.49. The fourth-order valence-corrected chi connectivity index (χ4v) is 4.89. The molecule has 0 fully saturated rings. The van der Waals surface area contributed by atoms with Gasteiger partial charge in [0.25, 0.3) is 0 Å². The minimum absolute atomic E-state index is 0.0511. The van der Waals surface area contributed by atoms with E-state index in [4.69, 9.17) is 11.6 Å². The highest BCUT2D eigenvalue weighted by molar-refractivity contribution is 9.12. The third-order valence-electron chi connectivity index (χ3n) is 3.00. The second-order valence-electron chi connectivity index (χ2n) is 4.06. The Morgan fingerprint density at radius 2 is 1.89 bits per heavy atom. The summed E-state index contributed by atoms with van der Waals surface area (Å²) in [6, 6.07) is 7.37. The van der Waals surface area contributed by atoms with E-state index in [9.17, 15) is 4.79 Å². The first-order valence-corrected chi connectivity index (χ1v) is 8.38. The quantitative estimate of drug-likeness (QED) is 0.527. The molecule has 1 nitrogen and oxygen atoms in total. The number of fused-ring (bicyclic) bond motifs is 2. The second kappa shape index (κ2) is 4.75. The van der Waals surface area contributed by atoms with Crippen LogP contribution in [0.5, 0.6) is 0 Å². The van der Waals surface area contributed by atoms with Gasteiger partial charge in [-0.1, -0.05) is 49.5 Å². The maximum atomic E-state index is 12.5. The zero-order valence-corrected chi connectivity index (χ0v) is 13.7. The Morgan fingerprint density at radius 1 is 1.11 bits per heavy atom. The Hall–Kier alpha value is -0.160. The molecule has 2 atom stereocenters. The lowest BCUT2D eigenvalue weighted by Gasteiger charge is -2.15. The van der Waals surface area contributed by atoms with Gasteiger partial charge in [-0.2, -0.15) is 0 Å². The molecule has 0 amide bonds. The van der Waals surface area contributed by atoms with E-state index < -0.39 is 0 Å². The molecule has 3 rings (SSSR count). The molecular weight excluding hydrogens is 399 g/mol. The number of carbonyl (C=O) groups excluding carboxylic acids is 1. The van der Waals surface area contributed by atoms with Crippen LogP contribution in [0.15, 0.2) is 29.6 Å². The van der Waals surface area contributed by atoms with Gasteiger partial charge >= 0.3 is 0 Å². The maximum absolute atomic E-state index is 12.5. The van der Waals surface area contributed by atoms with Crippen LogP contribution in [0.4, 0.5) is 0 Å². The molecule has 92 valence electrons. The van der Waals surface area contributed by atoms with E-state index in [1.165, 1.54) is 0 Å². The monoisotopic (exact) mass is 404 g/mol. The zero-order chi connectivity index (χ0) is 12.9. The minimum atomic E-state index is 0.0511. The van der Waals surface area contributed by atoms with Crippen LogP contribution in [0.2, 0.25) is 5.02 Å². The fraction of sp³-hybridized carbons (Fsp3) is 0.154. The summed E-state index contributed by atoms with van der Waals surface area (Å²) < 4.78 is 0. The number of benzene rings is 1. The topological polar surface area (TPSA) is 17.1 Å². The third-order valence-corrected chi connectivity index (χ3v) is 7.26. The summed E-state index contributed by atoms with van der Waals surface area (Å²) in [6.07, 6.45) is 0. The summed E-state index contributed by atoms with van der Waals surface area (Å²) in [5.74, 6) is 0.0511. The van der Waals surface area contributed by atoms with Gasteiger partial charge in [0, 0.05) is 21.0 Å². The van der Waals surface area contributed by atoms with Gasteiger partial charge in [0.1, 0.15) is 0 Å². The predicted octanol–water partition coefficient (Wildman–Crippen LogP) is 5.52. The van der Waals surface area contributed by atoms with Crippen molar-refractivity contribution in [1.29, 1.82) is 0 Å². The number of alkyl halides is 2. The van der Waals surface area contributed by atoms with Crippen molar-refractivity contribution in [2.24, 2.45) is 0 Å². The molecule has 1 aromatic heterocycles. The van der Waals surface area contributed by atoms with E-state index in [0.29, 0.717) is 10.6 Å². The van der Waals surface area contributed by atoms with Gasteiger partial charge in [0.15, 0.2) is 5.78 Å². The van der Waals surface area contributed by atoms with Crippen molar-refractivity contribution < 1.29 is 4.79 Å². The Balaban J connectivity index is 2.30. The molecule has 0 radical (unpaired) electrons. The second-order valence-corrected chi connectivity index (χ2v) is 7.42. The van der Waals surface area contributed by atoms with Crippen LogP contribution < -0.4 is 0 Å². The molecule has 0 N–H and O–H groups in total. The van der Waals surface area contributed by atoms with Crippen molar-refractivity contribution in [2.75, 3.05) is 0 Å². The average molecular weight is 407 g/mol. The Labute approximate surface area is 130 Å². The van der Waals surface area contributed by atoms with Crippen molar-refractivity contribution in [3.05, 3.63) is 56.2 Å². The number of thiophene rings is 1. The van der Waals surface area contributed by atoms with Crippen molar-refractivity contribution in [1.82, 2.24) is 0 Å². The third kappa shape index (κ3) is 1.90. The van der Waals surface area contributed by atoms with Crippen LogP contribution >= 0.6 is 54.8 Å². The number of hydrogen-bond acceptors (Lipinski definition) is 2. The van der Waals surface area contributed by atoms with Gasteiger partial charge in [-0.05, 0) is 29.1 Å². The molecule has 2 unspecified atom stereocenters. The molecule has 5 heteroatoms. The SMILES string of the molecule is O=C1c2cc(Cl)ccc2C(Br)C(Br)c2sccc21. The van der Waals surface area contributed by atoms with Crippen molar-refractivity contribution >= 4 is 60.6 Å². The highest BCUT2D eigenvalue weighted by Gasteiger charge is 2.33. The Kier molecular flexibility index (Phi) is 3.39. The van der Waals surface area contributed by atoms with E-state index in [1.54, 1.807) is 17.4 Å². The molecule has 2 aromatic rings. The smallest absolute Gasteiger partial charge is 0.194 e. The molecular formula is C13H7Br2ClOS. The standard InChI is InChI=1S/C13H7Br2ClOS/c14-10-7-2-1-6(16)5-9(7)12(17)8-3-4-18-13(8)11(10)15/h1-5,10-11H. The maximum Gasteiger partial charge on any atom is 0.194 e. The summed E-state index contributed by atoms with van der Waals surface area (Å²) in [6.45, 7) is 0. The number of halogens is 3. The highest BCUT2D eigenvalue weighted by atomic mass is 79.9. The molecule has 1 aliphatic carbocycles. The average Bonchev–Trinajstić information content (AvgIpc) is 2.82. The number of rotatable bonds is 0. The molecule has 0 saturated heterocycles. The largest absolute Gasteiger partial charge is 0.289 e. The molecule has 0 aliphatic heterocycles. The van der Waals surface area contributed by atoms with E-state index in [-0.39, 0.29) is 15.4 Å². The lowest BCUT2D eigenvalue weighted by atomic mass is 10.0. The summed E-state index contributed by atoms with van der Waals surface area (Å²) in [5, 5.41) is 2.54. The van der Waals surface area contributed by atoms with Crippen LogP contribution in [-0.2, 0) is 0 Å². The summed E-state index contributed by atoms with van der Waals surface area (Å²) >= 11 is 15.0. The van der Waals surface area contributed by atoms with Gasteiger partial charge < -0.3 is 0 Å². The normalized spacial score (nSPS) is 22.3. The molecule has 0 saturated carbocycles. The number of ketones is 1. The van der Waals surface area contributed by atoms with Crippen molar-refractivity contribution in [3.63, 3.8) is 0 Å².